The van der Waals surface area contributed by atoms with Crippen LogP contribution in [0, 0.1) is 0 Å². The lowest BCUT2D eigenvalue weighted by molar-refractivity contribution is -0.337. The average molecular weight is 202 g/mol. The second kappa shape index (κ2) is 2.40. The lowest BCUT2D eigenvalue weighted by atomic mass is 10.1. The fourth-order valence-corrected chi connectivity index (χ4v) is 1.88. The molecule has 3 bridgehead atoms. The van der Waals surface area contributed by atoms with E-state index >= 15 is 0 Å². The Kier molecular flexibility index (Phi) is 1.46. The molecule has 14 heavy (non-hydrogen) atoms. The largest absolute Gasteiger partial charge is 0.506 e. The number of aliphatic hydroxyl groups excluding tert-OH is 2. The van der Waals surface area contributed by atoms with Crippen LogP contribution in [-0.2, 0) is 18.9 Å². The van der Waals surface area contributed by atoms with Crippen LogP contribution in [0.25, 0.3) is 0 Å². The molecule has 0 amide bonds. The number of fused-ring (bicyclic) bond motifs is 2. The van der Waals surface area contributed by atoms with Crippen LogP contribution >= 0.6 is 0 Å². The van der Waals surface area contributed by atoms with Crippen LogP contribution in [0.2, 0.25) is 0 Å². The molecule has 2 N–H and O–H groups in total. The third-order valence-electron chi connectivity index (χ3n) is 2.51. The van der Waals surface area contributed by atoms with Crippen molar-refractivity contribution in [2.45, 2.75) is 31.4 Å². The third-order valence-corrected chi connectivity index (χ3v) is 2.51. The molecule has 3 rings (SSSR count). The van der Waals surface area contributed by atoms with E-state index in [9.17, 15) is 5.11 Å². The molecule has 0 aromatic rings. The Morgan fingerprint density at radius 3 is 2.93 bits per heavy atom. The van der Waals surface area contributed by atoms with Crippen molar-refractivity contribution in [2.24, 2.45) is 0 Å². The Bertz CT molecular complexity index is 313. The van der Waals surface area contributed by atoms with E-state index in [0.29, 0.717) is 0 Å². The molecule has 4 atom stereocenters. The Balaban J connectivity index is 2.06. The minimum absolute atomic E-state index is 0.0460. The van der Waals surface area contributed by atoms with Gasteiger partial charge in [0.1, 0.15) is 6.10 Å². The monoisotopic (exact) mass is 202 g/mol. The van der Waals surface area contributed by atoms with Gasteiger partial charge in [0, 0.05) is 6.92 Å². The summed E-state index contributed by atoms with van der Waals surface area (Å²) in [7, 11) is 0. The van der Waals surface area contributed by atoms with Crippen molar-refractivity contribution in [3.63, 3.8) is 0 Å². The maximum Gasteiger partial charge on any atom is 0.327 e. The summed E-state index contributed by atoms with van der Waals surface area (Å²) in [4.78, 5) is 0. The summed E-state index contributed by atoms with van der Waals surface area (Å²) in [5.74, 6) is -0.982. The van der Waals surface area contributed by atoms with Crippen LogP contribution < -0.4 is 0 Å². The standard InChI is InChI=1S/C8H10O6/c1-8-12-5-3(2-9)11-7(14-8)6(13-8)4(5)10/h3,5,7,9-10H,2H2,1H3/t3?,5-,7-,8?/m1/s1. The molecule has 0 saturated carbocycles. The van der Waals surface area contributed by atoms with Crippen molar-refractivity contribution >= 4 is 0 Å². The summed E-state index contributed by atoms with van der Waals surface area (Å²) in [5, 5.41) is 18.7. The smallest absolute Gasteiger partial charge is 0.327 e. The molecule has 0 radical (unpaired) electrons. The summed E-state index contributed by atoms with van der Waals surface area (Å²) in [5.41, 5.74) is 0. The summed E-state index contributed by atoms with van der Waals surface area (Å²) < 4.78 is 21.1. The zero-order valence-corrected chi connectivity index (χ0v) is 7.47. The summed E-state index contributed by atoms with van der Waals surface area (Å²) in [6, 6.07) is 0. The highest BCUT2D eigenvalue weighted by Crippen LogP contribution is 2.46. The summed E-state index contributed by atoms with van der Waals surface area (Å²) >= 11 is 0. The molecule has 0 aliphatic carbocycles. The fourth-order valence-electron chi connectivity index (χ4n) is 1.88. The maximum atomic E-state index is 9.66. The number of ether oxygens (including phenoxy) is 4. The second-order valence-electron chi connectivity index (χ2n) is 3.56. The van der Waals surface area contributed by atoms with Gasteiger partial charge in [-0.2, -0.15) is 0 Å². The van der Waals surface area contributed by atoms with Crippen LogP contribution in [0.15, 0.2) is 11.5 Å². The lowest BCUT2D eigenvalue weighted by Crippen LogP contribution is -2.47. The number of hydrogen-bond donors (Lipinski definition) is 2. The molecule has 1 fully saturated rings. The van der Waals surface area contributed by atoms with Gasteiger partial charge in [0.25, 0.3) is 0 Å². The van der Waals surface area contributed by atoms with Gasteiger partial charge in [0.05, 0.1) is 6.61 Å². The minimum Gasteiger partial charge on any atom is -0.506 e. The molecule has 0 aromatic carbocycles. The first-order valence-corrected chi connectivity index (χ1v) is 4.37. The predicted octanol–water partition coefficient (Wildman–Crippen LogP) is -0.408. The van der Waals surface area contributed by atoms with E-state index in [0.717, 1.165) is 0 Å². The number of hydrogen-bond acceptors (Lipinski definition) is 6. The van der Waals surface area contributed by atoms with E-state index in [-0.39, 0.29) is 18.1 Å². The molecular formula is C8H10O6. The quantitative estimate of drug-likeness (QED) is 0.602. The van der Waals surface area contributed by atoms with Gasteiger partial charge in [0.15, 0.2) is 17.6 Å². The van der Waals surface area contributed by atoms with E-state index in [4.69, 9.17) is 24.1 Å². The molecule has 3 aliphatic heterocycles. The highest BCUT2D eigenvalue weighted by atomic mass is 17.0. The molecule has 0 spiro atoms. The van der Waals surface area contributed by atoms with Crippen molar-refractivity contribution in [2.75, 3.05) is 6.61 Å². The van der Waals surface area contributed by atoms with Gasteiger partial charge in [-0.3, -0.25) is 4.74 Å². The van der Waals surface area contributed by atoms with Crippen LogP contribution in [0.4, 0.5) is 0 Å². The first-order valence-electron chi connectivity index (χ1n) is 4.37. The van der Waals surface area contributed by atoms with Gasteiger partial charge in [-0.1, -0.05) is 0 Å². The highest BCUT2D eigenvalue weighted by molar-refractivity contribution is 5.19. The van der Waals surface area contributed by atoms with E-state index < -0.39 is 24.5 Å². The molecule has 1 saturated heterocycles. The van der Waals surface area contributed by atoms with Crippen LogP contribution in [0.1, 0.15) is 6.92 Å². The molecular weight excluding hydrogens is 192 g/mol. The summed E-state index contributed by atoms with van der Waals surface area (Å²) in [6.45, 7) is 1.35. The Morgan fingerprint density at radius 2 is 2.21 bits per heavy atom. The van der Waals surface area contributed by atoms with Crippen molar-refractivity contribution in [3.8, 4) is 0 Å². The molecule has 2 unspecified atom stereocenters. The number of aliphatic hydroxyl groups is 2. The van der Waals surface area contributed by atoms with Gasteiger partial charge < -0.3 is 24.4 Å². The Morgan fingerprint density at radius 1 is 1.43 bits per heavy atom. The number of rotatable bonds is 1. The molecule has 3 aliphatic rings. The van der Waals surface area contributed by atoms with Crippen LogP contribution in [0.5, 0.6) is 0 Å². The maximum absolute atomic E-state index is 9.66. The molecule has 78 valence electrons. The van der Waals surface area contributed by atoms with Crippen LogP contribution in [0.3, 0.4) is 0 Å². The zero-order chi connectivity index (χ0) is 9.92. The zero-order valence-electron chi connectivity index (χ0n) is 7.47. The normalized spacial score (nSPS) is 49.7. The third kappa shape index (κ3) is 0.885. The average Bonchev–Trinajstić information content (AvgIpc) is 2.33. The van der Waals surface area contributed by atoms with E-state index in [2.05, 4.69) is 0 Å². The van der Waals surface area contributed by atoms with Crippen molar-refractivity contribution in [1.29, 1.82) is 0 Å². The molecule has 6 nitrogen and oxygen atoms in total. The van der Waals surface area contributed by atoms with E-state index in [1.165, 1.54) is 0 Å². The molecule has 0 aromatic heterocycles. The molecule has 6 heteroatoms. The van der Waals surface area contributed by atoms with Crippen molar-refractivity contribution < 1.29 is 29.2 Å². The molecule has 3 heterocycles. The van der Waals surface area contributed by atoms with Gasteiger partial charge >= 0.3 is 5.97 Å². The second-order valence-corrected chi connectivity index (χ2v) is 3.56. The van der Waals surface area contributed by atoms with Gasteiger partial charge in [-0.15, -0.1) is 0 Å². The van der Waals surface area contributed by atoms with Gasteiger partial charge in [-0.05, 0) is 0 Å². The van der Waals surface area contributed by atoms with Crippen LogP contribution in [-0.4, -0.2) is 41.3 Å². The Labute approximate surface area is 79.6 Å². The highest BCUT2D eigenvalue weighted by Gasteiger charge is 2.58. The van der Waals surface area contributed by atoms with E-state index in [1.54, 1.807) is 6.92 Å². The van der Waals surface area contributed by atoms with Crippen molar-refractivity contribution in [1.82, 2.24) is 0 Å². The minimum atomic E-state index is -1.19. The fraction of sp³-hybridized carbons (Fsp3) is 0.750. The summed E-state index contributed by atoms with van der Waals surface area (Å²) in [6.07, 6.45) is -2.07. The first kappa shape index (κ1) is 8.49. The Hall–Kier alpha value is -0.820. The SMILES string of the molecule is CC12OC3=C(O)[C@H](O1)C(CO)O[C@@H]3O2. The van der Waals surface area contributed by atoms with Gasteiger partial charge in [0.2, 0.25) is 6.29 Å². The lowest BCUT2D eigenvalue weighted by Gasteiger charge is -2.35. The topological polar surface area (TPSA) is 77.4 Å². The van der Waals surface area contributed by atoms with E-state index in [1.807, 2.05) is 0 Å². The van der Waals surface area contributed by atoms with Crippen molar-refractivity contribution in [3.05, 3.63) is 11.5 Å². The predicted molar refractivity (Wildman–Crippen MR) is 40.8 cm³/mol. The first-order chi connectivity index (χ1) is 6.63. The van der Waals surface area contributed by atoms with Gasteiger partial charge in [-0.25, -0.2) is 0 Å².